The second-order valence-electron chi connectivity index (χ2n) is 9.60. The Labute approximate surface area is 204 Å². The van der Waals surface area contributed by atoms with Crippen LogP contribution in [0.15, 0.2) is 36.5 Å². The van der Waals surface area contributed by atoms with E-state index < -0.39 is 16.8 Å². The molecule has 0 aliphatic carbocycles. The molecule has 0 spiro atoms. The molecule has 0 bridgehead atoms. The maximum atomic E-state index is 13.7. The van der Waals surface area contributed by atoms with E-state index in [1.54, 1.807) is 4.90 Å². The van der Waals surface area contributed by atoms with E-state index in [2.05, 4.69) is 10.3 Å². The predicted octanol–water partition coefficient (Wildman–Crippen LogP) is 4.09. The average molecular weight is 488 g/mol. The van der Waals surface area contributed by atoms with Crippen LogP contribution in [0.1, 0.15) is 51.2 Å². The smallest absolute Gasteiger partial charge is 0.309 e. The lowest BCUT2D eigenvalue weighted by atomic mass is 9.69. The second kappa shape index (κ2) is 9.62. The number of hydrogen-bond donors (Lipinski definition) is 2. The van der Waals surface area contributed by atoms with Crippen molar-refractivity contribution in [2.75, 3.05) is 25.5 Å². The molecule has 1 saturated heterocycles. The molecule has 1 aromatic carbocycles. The summed E-state index contributed by atoms with van der Waals surface area (Å²) in [7, 11) is 1.47. The fourth-order valence-corrected chi connectivity index (χ4v) is 4.29. The van der Waals surface area contributed by atoms with Crippen LogP contribution in [0.2, 0.25) is 5.15 Å². The van der Waals surface area contributed by atoms with E-state index in [1.807, 2.05) is 38.1 Å². The SMILES string of the molecule is COc1cc(Cl)ncc1NC(=O)C1(c2ccccc2C(C)C)CN(C(=O)CC(C)(C)C(=O)O)C1. The highest BCUT2D eigenvalue weighted by atomic mass is 35.5. The van der Waals surface area contributed by atoms with Gasteiger partial charge in [-0.25, -0.2) is 4.98 Å². The zero-order valence-corrected chi connectivity index (χ0v) is 20.8. The molecule has 3 rings (SSSR count). The van der Waals surface area contributed by atoms with Crippen LogP contribution in [0.5, 0.6) is 5.75 Å². The Balaban J connectivity index is 1.95. The minimum atomic E-state index is -1.20. The van der Waals surface area contributed by atoms with Gasteiger partial charge in [0.1, 0.15) is 22.0 Å². The number of carbonyl (C=O) groups is 3. The van der Waals surface area contributed by atoms with Crippen molar-refractivity contribution in [1.29, 1.82) is 0 Å². The highest BCUT2D eigenvalue weighted by Gasteiger charge is 2.54. The molecule has 1 fully saturated rings. The van der Waals surface area contributed by atoms with Crippen molar-refractivity contribution in [3.63, 3.8) is 0 Å². The topological polar surface area (TPSA) is 109 Å². The van der Waals surface area contributed by atoms with Gasteiger partial charge >= 0.3 is 5.97 Å². The third kappa shape index (κ3) is 4.87. The van der Waals surface area contributed by atoms with Crippen LogP contribution in [0.4, 0.5) is 5.69 Å². The van der Waals surface area contributed by atoms with E-state index in [-0.39, 0.29) is 42.4 Å². The summed E-state index contributed by atoms with van der Waals surface area (Å²) in [5, 5.41) is 12.5. The Morgan fingerprint density at radius 3 is 2.50 bits per heavy atom. The van der Waals surface area contributed by atoms with E-state index in [0.29, 0.717) is 11.4 Å². The number of benzene rings is 1. The van der Waals surface area contributed by atoms with Gasteiger partial charge in [0.05, 0.1) is 18.7 Å². The number of ether oxygens (including phenoxy) is 1. The lowest BCUT2D eigenvalue weighted by molar-refractivity contribution is -0.155. The van der Waals surface area contributed by atoms with Gasteiger partial charge < -0.3 is 20.1 Å². The van der Waals surface area contributed by atoms with Gasteiger partial charge in [0, 0.05) is 25.6 Å². The number of rotatable bonds is 8. The molecule has 2 amide bonds. The van der Waals surface area contributed by atoms with Gasteiger partial charge in [-0.05, 0) is 30.9 Å². The fourth-order valence-electron chi connectivity index (χ4n) is 4.14. The van der Waals surface area contributed by atoms with Crippen molar-refractivity contribution in [3.8, 4) is 5.75 Å². The molecule has 182 valence electrons. The first-order valence-electron chi connectivity index (χ1n) is 11.0. The Bertz CT molecular complexity index is 1110. The lowest BCUT2D eigenvalue weighted by Gasteiger charge is -2.50. The summed E-state index contributed by atoms with van der Waals surface area (Å²) in [4.78, 5) is 43.7. The molecule has 2 aromatic rings. The molecule has 0 unspecified atom stereocenters. The first-order chi connectivity index (χ1) is 15.9. The van der Waals surface area contributed by atoms with E-state index >= 15 is 0 Å². The van der Waals surface area contributed by atoms with Crippen LogP contribution < -0.4 is 10.1 Å². The normalized spacial score (nSPS) is 15.0. The minimum absolute atomic E-state index is 0.139. The van der Waals surface area contributed by atoms with Crippen molar-refractivity contribution in [3.05, 3.63) is 52.8 Å². The maximum absolute atomic E-state index is 13.7. The van der Waals surface area contributed by atoms with Crippen molar-refractivity contribution in [2.24, 2.45) is 5.41 Å². The number of hydrogen-bond acceptors (Lipinski definition) is 5. The van der Waals surface area contributed by atoms with Crippen molar-refractivity contribution in [2.45, 2.75) is 45.4 Å². The fraction of sp³-hybridized carbons (Fsp3) is 0.440. The van der Waals surface area contributed by atoms with Gasteiger partial charge in [-0.3, -0.25) is 14.4 Å². The number of amides is 2. The third-order valence-electron chi connectivity index (χ3n) is 6.28. The summed E-state index contributed by atoms with van der Waals surface area (Å²) < 4.78 is 5.34. The number of pyridine rings is 1. The van der Waals surface area contributed by atoms with Crippen LogP contribution >= 0.6 is 11.6 Å². The quantitative estimate of drug-likeness (QED) is 0.543. The van der Waals surface area contributed by atoms with Gasteiger partial charge in [-0.1, -0.05) is 49.7 Å². The first-order valence-corrected chi connectivity index (χ1v) is 11.4. The average Bonchev–Trinajstić information content (AvgIpc) is 2.74. The van der Waals surface area contributed by atoms with Gasteiger partial charge in [-0.2, -0.15) is 0 Å². The number of carboxylic acids is 1. The van der Waals surface area contributed by atoms with Crippen LogP contribution in [-0.4, -0.2) is 53.0 Å². The van der Waals surface area contributed by atoms with Crippen molar-refractivity contribution in [1.82, 2.24) is 9.88 Å². The lowest BCUT2D eigenvalue weighted by Crippen LogP contribution is -2.67. The molecule has 1 aliphatic rings. The van der Waals surface area contributed by atoms with E-state index in [9.17, 15) is 19.5 Å². The van der Waals surface area contributed by atoms with Gasteiger partial charge in [0.25, 0.3) is 0 Å². The molecule has 0 atom stereocenters. The van der Waals surface area contributed by atoms with Gasteiger partial charge in [0.2, 0.25) is 11.8 Å². The third-order valence-corrected chi connectivity index (χ3v) is 6.49. The van der Waals surface area contributed by atoms with Gasteiger partial charge in [-0.15, -0.1) is 0 Å². The maximum Gasteiger partial charge on any atom is 0.309 e. The number of carboxylic acid groups (broad SMARTS) is 1. The summed E-state index contributed by atoms with van der Waals surface area (Å²) in [6, 6.07) is 9.20. The number of methoxy groups -OCH3 is 1. The van der Waals surface area contributed by atoms with Crippen LogP contribution in [0.3, 0.4) is 0 Å². The Morgan fingerprint density at radius 2 is 1.91 bits per heavy atom. The number of likely N-dealkylation sites (tertiary alicyclic amines) is 1. The summed E-state index contributed by atoms with van der Waals surface area (Å²) in [6.07, 6.45) is 1.28. The number of nitrogens with zero attached hydrogens (tertiary/aromatic N) is 2. The molecule has 2 heterocycles. The molecule has 8 nitrogen and oxygen atoms in total. The molecule has 0 saturated carbocycles. The molecule has 9 heteroatoms. The molecule has 34 heavy (non-hydrogen) atoms. The largest absolute Gasteiger partial charge is 0.494 e. The monoisotopic (exact) mass is 487 g/mol. The zero-order valence-electron chi connectivity index (χ0n) is 20.0. The number of aliphatic carboxylic acids is 1. The molecule has 0 radical (unpaired) electrons. The highest BCUT2D eigenvalue weighted by Crippen LogP contribution is 2.41. The van der Waals surface area contributed by atoms with E-state index in [1.165, 1.54) is 33.2 Å². The van der Waals surface area contributed by atoms with E-state index in [4.69, 9.17) is 16.3 Å². The first kappa shape index (κ1) is 25.5. The number of carbonyl (C=O) groups excluding carboxylic acids is 2. The highest BCUT2D eigenvalue weighted by molar-refractivity contribution is 6.29. The van der Waals surface area contributed by atoms with Crippen molar-refractivity contribution >= 4 is 35.1 Å². The predicted molar refractivity (Wildman–Crippen MR) is 129 cm³/mol. The number of aromatic nitrogens is 1. The Hall–Kier alpha value is -3.13. The van der Waals surface area contributed by atoms with Crippen LogP contribution in [0.25, 0.3) is 0 Å². The number of anilines is 1. The molecule has 2 N–H and O–H groups in total. The summed E-state index contributed by atoms with van der Waals surface area (Å²) in [6.45, 7) is 7.41. The summed E-state index contributed by atoms with van der Waals surface area (Å²) in [5.74, 6) is -1.12. The van der Waals surface area contributed by atoms with Crippen LogP contribution in [0, 0.1) is 5.41 Å². The number of halogens is 1. The Kier molecular flexibility index (Phi) is 7.21. The Morgan fingerprint density at radius 1 is 1.26 bits per heavy atom. The molecule has 1 aliphatic heterocycles. The summed E-state index contributed by atoms with van der Waals surface area (Å²) >= 11 is 5.95. The zero-order chi connectivity index (χ0) is 25.3. The van der Waals surface area contributed by atoms with Gasteiger partial charge in [0.15, 0.2) is 0 Å². The second-order valence-corrected chi connectivity index (χ2v) is 9.99. The number of nitrogens with one attached hydrogen (secondary N) is 1. The van der Waals surface area contributed by atoms with Crippen molar-refractivity contribution < 1.29 is 24.2 Å². The standard InChI is InChI=1S/C25H30ClN3O5/c1-15(2)16-8-6-7-9-17(16)25(13-29(14-25)21(30)11-24(3,4)23(32)33)22(31)28-18-12-27-20(26)10-19(18)34-5/h6-10,12,15H,11,13-14H2,1-5H3,(H,28,31)(H,32,33). The molecular formula is C25H30ClN3O5. The van der Waals surface area contributed by atoms with E-state index in [0.717, 1.165) is 11.1 Å². The molecule has 1 aromatic heterocycles. The summed E-state index contributed by atoms with van der Waals surface area (Å²) in [5.41, 5.74) is 0.0152. The molecular weight excluding hydrogens is 458 g/mol. The van der Waals surface area contributed by atoms with Crippen LogP contribution in [-0.2, 0) is 19.8 Å². The minimum Gasteiger partial charge on any atom is -0.494 e.